The Bertz CT molecular complexity index is 1180. The largest absolute Gasteiger partial charge is 0.417 e. The molecule has 11 heteroatoms. The lowest BCUT2D eigenvalue weighted by molar-refractivity contribution is -0.137. The van der Waals surface area contributed by atoms with Crippen molar-refractivity contribution in [3.05, 3.63) is 52.5 Å². The summed E-state index contributed by atoms with van der Waals surface area (Å²) in [5.74, 6) is -1.77. The van der Waals surface area contributed by atoms with Gasteiger partial charge in [0.05, 0.1) is 28.5 Å². The molecule has 0 bridgehead atoms. The third-order valence-electron chi connectivity index (χ3n) is 6.28. The minimum atomic E-state index is -4.80. The van der Waals surface area contributed by atoms with Crippen LogP contribution in [-0.2, 0) is 15.8 Å². The summed E-state index contributed by atoms with van der Waals surface area (Å²) in [6.07, 6.45) is -1.77. The number of nitriles is 1. The molecule has 1 aliphatic heterocycles. The van der Waals surface area contributed by atoms with E-state index >= 15 is 0 Å². The van der Waals surface area contributed by atoms with Crippen LogP contribution < -0.4 is 10.2 Å². The van der Waals surface area contributed by atoms with E-state index in [-0.39, 0.29) is 29.2 Å². The highest BCUT2D eigenvalue weighted by molar-refractivity contribution is 7.80. The highest BCUT2D eigenvalue weighted by atomic mass is 32.1. The molecule has 1 aromatic carbocycles. The molecular weight excluding hydrogens is 460 g/mol. The predicted octanol–water partition coefficient (Wildman–Crippen LogP) is 4.08. The average molecular weight is 478 g/mol. The SMILES string of the molecule is CNC(=O)C1=C(F)C=C(N2C(=S)N(c3ccc(C#N)c(C(F)(F)F)c3)C(=O)C23CCC3)CC1. The number of likely N-dealkylation sites (N-methyl/N-ethyl adjacent to an activating group) is 1. The van der Waals surface area contributed by atoms with Crippen molar-refractivity contribution in [3.8, 4) is 6.07 Å². The van der Waals surface area contributed by atoms with Crippen molar-refractivity contribution >= 4 is 34.8 Å². The van der Waals surface area contributed by atoms with Crippen molar-refractivity contribution in [2.45, 2.75) is 43.8 Å². The fourth-order valence-electron chi connectivity index (χ4n) is 4.48. The van der Waals surface area contributed by atoms with E-state index in [9.17, 15) is 27.2 Å². The topological polar surface area (TPSA) is 76.4 Å². The first-order valence-corrected chi connectivity index (χ1v) is 10.6. The molecule has 2 amide bonds. The van der Waals surface area contributed by atoms with Crippen molar-refractivity contribution in [1.29, 1.82) is 5.26 Å². The molecule has 1 N–H and O–H groups in total. The fourth-order valence-corrected chi connectivity index (χ4v) is 4.96. The molecule has 0 aromatic heterocycles. The molecule has 6 nitrogen and oxygen atoms in total. The number of benzene rings is 1. The summed E-state index contributed by atoms with van der Waals surface area (Å²) >= 11 is 5.52. The fraction of sp³-hybridized carbons (Fsp3) is 0.364. The van der Waals surface area contributed by atoms with E-state index in [1.54, 1.807) is 0 Å². The van der Waals surface area contributed by atoms with E-state index in [0.29, 0.717) is 25.0 Å². The lowest BCUT2D eigenvalue weighted by Gasteiger charge is -2.44. The third kappa shape index (κ3) is 3.49. The Morgan fingerprint density at radius 2 is 1.97 bits per heavy atom. The Kier molecular flexibility index (Phi) is 5.52. The van der Waals surface area contributed by atoms with Gasteiger partial charge in [0.2, 0.25) is 5.91 Å². The minimum Gasteiger partial charge on any atom is -0.355 e. The van der Waals surface area contributed by atoms with Gasteiger partial charge in [0.1, 0.15) is 11.4 Å². The number of nitrogens with one attached hydrogen (secondary N) is 1. The Morgan fingerprint density at radius 1 is 1.27 bits per heavy atom. The Labute approximate surface area is 192 Å². The van der Waals surface area contributed by atoms with Crippen molar-refractivity contribution < 1.29 is 27.2 Å². The number of nitrogens with zero attached hydrogens (tertiary/aromatic N) is 3. The predicted molar refractivity (Wildman–Crippen MR) is 114 cm³/mol. The molecule has 1 aromatic rings. The van der Waals surface area contributed by atoms with Gasteiger partial charge in [-0.1, -0.05) is 0 Å². The van der Waals surface area contributed by atoms with Crippen LogP contribution >= 0.6 is 12.2 Å². The van der Waals surface area contributed by atoms with Crippen molar-refractivity contribution in [3.63, 3.8) is 0 Å². The molecule has 0 radical (unpaired) electrons. The summed E-state index contributed by atoms with van der Waals surface area (Å²) < 4.78 is 55.1. The number of hydrogen-bond acceptors (Lipinski definition) is 4. The number of halogens is 4. The monoisotopic (exact) mass is 478 g/mol. The van der Waals surface area contributed by atoms with Gasteiger partial charge in [-0.15, -0.1) is 0 Å². The zero-order chi connectivity index (χ0) is 24.1. The van der Waals surface area contributed by atoms with Crippen LogP contribution in [0.3, 0.4) is 0 Å². The van der Waals surface area contributed by atoms with E-state index in [0.717, 1.165) is 23.1 Å². The molecule has 0 unspecified atom stereocenters. The Hall–Kier alpha value is -3.26. The molecule has 1 spiro atoms. The summed E-state index contributed by atoms with van der Waals surface area (Å²) in [4.78, 5) is 27.9. The van der Waals surface area contributed by atoms with Crippen LogP contribution in [0.25, 0.3) is 0 Å². The normalized spacial score (nSPS) is 20.1. The van der Waals surface area contributed by atoms with Crippen LogP contribution in [0.2, 0.25) is 0 Å². The molecule has 2 fully saturated rings. The van der Waals surface area contributed by atoms with E-state index in [1.807, 2.05) is 0 Å². The molecular formula is C22H18F4N4O2S. The lowest BCUT2D eigenvalue weighted by Crippen LogP contribution is -2.54. The van der Waals surface area contributed by atoms with Crippen molar-refractivity contribution in [1.82, 2.24) is 10.2 Å². The van der Waals surface area contributed by atoms with Crippen LogP contribution in [0, 0.1) is 11.3 Å². The number of amides is 2. The molecule has 33 heavy (non-hydrogen) atoms. The Balaban J connectivity index is 1.78. The second kappa shape index (κ2) is 7.95. The van der Waals surface area contributed by atoms with Crippen LogP contribution in [-0.4, -0.2) is 34.4 Å². The van der Waals surface area contributed by atoms with Crippen molar-refractivity contribution in [2.24, 2.45) is 0 Å². The van der Waals surface area contributed by atoms with Crippen LogP contribution in [0.1, 0.15) is 43.2 Å². The maximum absolute atomic E-state index is 14.7. The van der Waals surface area contributed by atoms with Crippen LogP contribution in [0.4, 0.5) is 23.2 Å². The summed E-state index contributed by atoms with van der Waals surface area (Å²) in [5.41, 5.74) is -2.56. The maximum atomic E-state index is 14.7. The number of carbonyl (C=O) groups excluding carboxylic acids is 2. The van der Waals surface area contributed by atoms with Gasteiger partial charge < -0.3 is 10.2 Å². The van der Waals surface area contributed by atoms with E-state index in [1.165, 1.54) is 24.1 Å². The van der Waals surface area contributed by atoms with Gasteiger partial charge >= 0.3 is 6.18 Å². The van der Waals surface area contributed by atoms with Gasteiger partial charge in [0.25, 0.3) is 5.91 Å². The van der Waals surface area contributed by atoms with Gasteiger partial charge in [0, 0.05) is 12.7 Å². The first-order valence-electron chi connectivity index (χ1n) is 10.2. The van der Waals surface area contributed by atoms with Crippen LogP contribution in [0.15, 0.2) is 41.4 Å². The molecule has 1 heterocycles. The first-order chi connectivity index (χ1) is 15.5. The van der Waals surface area contributed by atoms with E-state index in [2.05, 4.69) is 5.32 Å². The zero-order valence-electron chi connectivity index (χ0n) is 17.4. The lowest BCUT2D eigenvalue weighted by atomic mass is 9.75. The first kappa shape index (κ1) is 22.9. The second-order valence-corrected chi connectivity index (χ2v) is 8.39. The molecule has 172 valence electrons. The maximum Gasteiger partial charge on any atom is 0.417 e. The van der Waals surface area contributed by atoms with Gasteiger partial charge in [-0.05, 0) is 68.6 Å². The number of alkyl halides is 3. The summed E-state index contributed by atoms with van der Waals surface area (Å²) in [5, 5.41) is 11.4. The third-order valence-corrected chi connectivity index (χ3v) is 6.65. The molecule has 4 rings (SSSR count). The van der Waals surface area contributed by atoms with Gasteiger partial charge in [0.15, 0.2) is 5.11 Å². The number of carbonyl (C=O) groups is 2. The van der Waals surface area contributed by atoms with E-state index < -0.39 is 40.5 Å². The average Bonchev–Trinajstić information content (AvgIpc) is 2.98. The molecule has 0 atom stereocenters. The molecule has 2 aliphatic carbocycles. The number of allylic oxidation sites excluding steroid dienone is 3. The number of thiocarbonyl (C=S) groups is 1. The Morgan fingerprint density at radius 3 is 2.48 bits per heavy atom. The zero-order valence-corrected chi connectivity index (χ0v) is 18.2. The standard InChI is InChI=1S/C22H18F4N4O2S/c1-28-18(31)15-6-5-14(10-17(15)23)30-20(33)29(19(32)21(30)7-2-8-21)13-4-3-12(11-27)16(9-13)22(24,25)26/h3-4,9-10H,2,5-8H2,1H3,(H,28,31). The number of rotatable bonds is 3. The molecule has 1 saturated heterocycles. The summed E-state index contributed by atoms with van der Waals surface area (Å²) in [6, 6.07) is 4.49. The highest BCUT2D eigenvalue weighted by Gasteiger charge is 2.60. The molecule has 1 saturated carbocycles. The van der Waals surface area contributed by atoms with Crippen LogP contribution in [0.5, 0.6) is 0 Å². The quantitative estimate of drug-likeness (QED) is 0.524. The summed E-state index contributed by atoms with van der Waals surface area (Å²) in [6.45, 7) is 0. The number of hydrogen-bond donors (Lipinski definition) is 1. The highest BCUT2D eigenvalue weighted by Crippen LogP contribution is 2.49. The smallest absolute Gasteiger partial charge is 0.355 e. The van der Waals surface area contributed by atoms with Gasteiger partial charge in [-0.2, -0.15) is 18.4 Å². The second-order valence-electron chi connectivity index (χ2n) is 8.02. The van der Waals surface area contributed by atoms with Gasteiger partial charge in [-0.3, -0.25) is 14.5 Å². The molecule has 3 aliphatic rings. The van der Waals surface area contributed by atoms with E-state index in [4.69, 9.17) is 17.5 Å². The summed E-state index contributed by atoms with van der Waals surface area (Å²) in [7, 11) is 1.39. The van der Waals surface area contributed by atoms with Gasteiger partial charge in [-0.25, -0.2) is 4.39 Å². The number of anilines is 1. The minimum absolute atomic E-state index is 0.0147. The van der Waals surface area contributed by atoms with Crippen molar-refractivity contribution in [2.75, 3.05) is 11.9 Å².